The van der Waals surface area contributed by atoms with Crippen LogP contribution in [0.2, 0.25) is 13.1 Å². The number of allylic oxidation sites excluding steroid dienone is 2. The Bertz CT molecular complexity index is 371. The van der Waals surface area contributed by atoms with Gasteiger partial charge in [-0.1, -0.05) is 24.7 Å². The Morgan fingerprint density at radius 3 is 1.82 bits per heavy atom. The third-order valence-electron chi connectivity index (χ3n) is 4.15. The maximum Gasteiger partial charge on any atom is 0.107 e. The molecule has 0 bridgehead atoms. The monoisotopic (exact) mass is 251 g/mol. The molecule has 1 nitrogen and oxygen atoms in total. The molecule has 0 fully saturated rings. The molecule has 0 saturated carbocycles. The number of rotatable bonds is 2. The lowest BCUT2D eigenvalue weighted by Crippen LogP contribution is -2.59. The van der Waals surface area contributed by atoms with Crippen molar-refractivity contribution in [2.75, 3.05) is 0 Å². The van der Waals surface area contributed by atoms with Crippen LogP contribution in [-0.2, 0) is 0 Å². The molecule has 2 heteroatoms. The summed E-state index contributed by atoms with van der Waals surface area (Å²) in [5.74, 6) is 0. The number of hydrogen-bond acceptors (Lipinski definition) is 1. The van der Waals surface area contributed by atoms with Crippen molar-refractivity contribution in [3.63, 3.8) is 0 Å². The van der Waals surface area contributed by atoms with E-state index in [0.717, 1.165) is 0 Å². The average molecular weight is 251 g/mol. The lowest BCUT2D eigenvalue weighted by atomic mass is 9.91. The number of hydrogen-bond donors (Lipinski definition) is 0. The van der Waals surface area contributed by atoms with E-state index in [-0.39, 0.29) is 11.1 Å². The second-order valence-corrected chi connectivity index (χ2v) is 9.56. The molecule has 17 heavy (non-hydrogen) atoms. The van der Waals surface area contributed by atoms with Crippen molar-refractivity contribution in [2.45, 2.75) is 72.6 Å². The highest BCUT2D eigenvalue weighted by Gasteiger charge is 2.42. The van der Waals surface area contributed by atoms with Gasteiger partial charge in [0, 0.05) is 5.54 Å². The molecule has 0 N–H and O–H groups in total. The van der Waals surface area contributed by atoms with Gasteiger partial charge >= 0.3 is 0 Å². The van der Waals surface area contributed by atoms with Crippen molar-refractivity contribution >= 4 is 8.96 Å². The zero-order valence-electron chi connectivity index (χ0n) is 13.1. The predicted molar refractivity (Wildman–Crippen MR) is 81.0 cm³/mol. The van der Waals surface area contributed by atoms with Crippen LogP contribution in [0.15, 0.2) is 22.8 Å². The van der Waals surface area contributed by atoms with Gasteiger partial charge < -0.3 is 4.57 Å². The zero-order valence-corrected chi connectivity index (χ0v) is 14.3. The fraction of sp³-hybridized carbons (Fsp3) is 0.733. The summed E-state index contributed by atoms with van der Waals surface area (Å²) in [5.41, 5.74) is 4.83. The summed E-state index contributed by atoms with van der Waals surface area (Å²) in [5, 5.41) is 0. The van der Waals surface area contributed by atoms with Crippen LogP contribution < -0.4 is 0 Å². The van der Waals surface area contributed by atoms with E-state index in [9.17, 15) is 0 Å². The van der Waals surface area contributed by atoms with Crippen molar-refractivity contribution in [1.82, 2.24) is 4.57 Å². The summed E-state index contributed by atoms with van der Waals surface area (Å²) < 4.78 is 2.76. The first kappa shape index (κ1) is 14.7. The van der Waals surface area contributed by atoms with Gasteiger partial charge in [-0.3, -0.25) is 0 Å². The number of nitrogens with zero attached hydrogens (tertiary/aromatic N) is 1. The summed E-state index contributed by atoms with van der Waals surface area (Å²) in [6, 6.07) is 0. The van der Waals surface area contributed by atoms with Crippen molar-refractivity contribution in [1.29, 1.82) is 0 Å². The highest BCUT2D eigenvalue weighted by Crippen LogP contribution is 2.41. The molecule has 0 amide bonds. The van der Waals surface area contributed by atoms with Crippen LogP contribution >= 0.6 is 0 Å². The fourth-order valence-electron chi connectivity index (χ4n) is 3.57. The summed E-state index contributed by atoms with van der Waals surface area (Å²) in [4.78, 5) is 0. The second-order valence-electron chi connectivity index (χ2n) is 6.86. The van der Waals surface area contributed by atoms with Crippen LogP contribution in [-0.4, -0.2) is 24.6 Å². The topological polar surface area (TPSA) is 3.24 Å². The van der Waals surface area contributed by atoms with Gasteiger partial charge in [0.05, 0.1) is 5.54 Å². The minimum absolute atomic E-state index is 0.132. The van der Waals surface area contributed by atoms with Gasteiger partial charge in [0.1, 0.15) is 8.96 Å². The quantitative estimate of drug-likeness (QED) is 0.667. The Morgan fingerprint density at radius 2 is 1.59 bits per heavy atom. The maximum absolute atomic E-state index is 2.76. The molecule has 1 unspecified atom stereocenters. The van der Waals surface area contributed by atoms with Gasteiger partial charge in [0.15, 0.2) is 0 Å². The minimum Gasteiger partial charge on any atom is -0.310 e. The first-order chi connectivity index (χ1) is 7.51. The Kier molecular flexibility index (Phi) is 3.81. The van der Waals surface area contributed by atoms with E-state index in [0.29, 0.717) is 0 Å². The second kappa shape index (κ2) is 4.40. The highest BCUT2D eigenvalue weighted by molar-refractivity contribution is 6.53. The maximum atomic E-state index is 2.76. The molecule has 1 rings (SSSR count). The van der Waals surface area contributed by atoms with E-state index in [1.807, 2.05) is 0 Å². The lowest BCUT2D eigenvalue weighted by Gasteiger charge is -2.50. The molecule has 1 atom stereocenters. The molecule has 0 aromatic rings. The SMILES string of the molecule is CC1=CC(C)(N([SiH](C)C)C(C)(C)C)C(C)=C1C. The Hall–Kier alpha value is -0.343. The first-order valence-corrected chi connectivity index (χ1v) is 9.51. The van der Waals surface area contributed by atoms with Crippen LogP contribution in [0.3, 0.4) is 0 Å². The van der Waals surface area contributed by atoms with Crippen molar-refractivity contribution < 1.29 is 0 Å². The van der Waals surface area contributed by atoms with Crippen LogP contribution in [0.5, 0.6) is 0 Å². The molecule has 0 radical (unpaired) electrons. The van der Waals surface area contributed by atoms with Gasteiger partial charge in [-0.2, -0.15) is 0 Å². The summed E-state index contributed by atoms with van der Waals surface area (Å²) in [7, 11) is -0.869. The zero-order chi connectivity index (χ0) is 13.6. The molecule has 0 saturated heterocycles. The Morgan fingerprint density at radius 1 is 1.12 bits per heavy atom. The molecule has 1 aliphatic rings. The molecule has 0 aromatic carbocycles. The van der Waals surface area contributed by atoms with E-state index in [4.69, 9.17) is 0 Å². The third-order valence-corrected chi connectivity index (χ3v) is 6.49. The lowest BCUT2D eigenvalue weighted by molar-refractivity contribution is 0.169. The molecule has 1 aliphatic carbocycles. The highest BCUT2D eigenvalue weighted by atomic mass is 28.3. The van der Waals surface area contributed by atoms with E-state index < -0.39 is 8.96 Å². The predicted octanol–water partition coefficient (Wildman–Crippen LogP) is 4.13. The van der Waals surface area contributed by atoms with Crippen LogP contribution in [0.25, 0.3) is 0 Å². The van der Waals surface area contributed by atoms with E-state index in [2.05, 4.69) is 72.2 Å². The Labute approximate surface area is 109 Å². The van der Waals surface area contributed by atoms with Crippen molar-refractivity contribution in [3.05, 3.63) is 22.8 Å². The minimum atomic E-state index is -0.869. The summed E-state index contributed by atoms with van der Waals surface area (Å²) >= 11 is 0. The Balaban J connectivity index is 3.32. The van der Waals surface area contributed by atoms with Gasteiger partial charge in [0.25, 0.3) is 0 Å². The largest absolute Gasteiger partial charge is 0.310 e. The van der Waals surface area contributed by atoms with Gasteiger partial charge in [0.2, 0.25) is 0 Å². The van der Waals surface area contributed by atoms with Gasteiger partial charge in [-0.05, 0) is 59.6 Å². The van der Waals surface area contributed by atoms with Crippen molar-refractivity contribution in [3.8, 4) is 0 Å². The fourth-order valence-corrected chi connectivity index (χ4v) is 6.46. The molecular formula is C15H29NSi. The molecule has 0 spiro atoms. The van der Waals surface area contributed by atoms with Crippen LogP contribution in [0.4, 0.5) is 0 Å². The average Bonchev–Trinajstić information content (AvgIpc) is 2.27. The van der Waals surface area contributed by atoms with Gasteiger partial charge in [-0.25, -0.2) is 0 Å². The molecule has 0 aliphatic heterocycles. The van der Waals surface area contributed by atoms with Crippen LogP contribution in [0, 0.1) is 0 Å². The molecular weight excluding hydrogens is 222 g/mol. The summed E-state index contributed by atoms with van der Waals surface area (Å²) in [6.07, 6.45) is 2.47. The smallest absolute Gasteiger partial charge is 0.107 e. The summed E-state index contributed by atoms with van der Waals surface area (Å²) in [6.45, 7) is 21.1. The molecule has 98 valence electrons. The molecule has 0 heterocycles. The van der Waals surface area contributed by atoms with E-state index in [1.165, 1.54) is 16.7 Å². The van der Waals surface area contributed by atoms with Gasteiger partial charge in [-0.15, -0.1) is 0 Å². The van der Waals surface area contributed by atoms with Crippen LogP contribution in [0.1, 0.15) is 48.5 Å². The molecule has 0 aromatic heterocycles. The third kappa shape index (κ3) is 2.43. The standard InChI is InChI=1S/C15H29NSi/c1-11-10-15(7,13(3)12(11)2)16(17(8)9)14(4,5)6/h10,17H,1-9H3. The first-order valence-electron chi connectivity index (χ1n) is 6.69. The van der Waals surface area contributed by atoms with E-state index in [1.54, 1.807) is 0 Å². The van der Waals surface area contributed by atoms with Crippen molar-refractivity contribution in [2.24, 2.45) is 0 Å². The normalized spacial score (nSPS) is 26.2. The van der Waals surface area contributed by atoms with E-state index >= 15 is 0 Å².